The van der Waals surface area contributed by atoms with Gasteiger partial charge in [0, 0.05) is 0 Å². The molecule has 1 aromatic rings. The summed E-state index contributed by atoms with van der Waals surface area (Å²) in [7, 11) is 0. The van der Waals surface area contributed by atoms with E-state index >= 15 is 0 Å². The Labute approximate surface area is 88.9 Å². The number of amides is 1. The molecule has 16 heavy (non-hydrogen) atoms. The summed E-state index contributed by atoms with van der Waals surface area (Å²) in [5.41, 5.74) is 0.0734. The number of halogens is 3. The molecule has 0 spiro atoms. The van der Waals surface area contributed by atoms with Crippen molar-refractivity contribution in [3.8, 4) is 0 Å². The number of ketones is 1. The third-order valence-electron chi connectivity index (χ3n) is 2.27. The number of anilines is 1. The van der Waals surface area contributed by atoms with Gasteiger partial charge in [0.25, 0.3) is 11.7 Å². The number of carbonyl (C=O) groups excluding carboxylic acids is 2. The Bertz CT molecular complexity index is 472. The topological polar surface area (TPSA) is 37.4 Å². The Kier molecular flexibility index (Phi) is 2.25. The van der Waals surface area contributed by atoms with Gasteiger partial charge in [-0.05, 0) is 18.6 Å². The lowest BCUT2D eigenvalue weighted by molar-refractivity contribution is -0.114. The summed E-state index contributed by atoms with van der Waals surface area (Å²) in [4.78, 5) is 23.2. The van der Waals surface area contributed by atoms with E-state index in [1.165, 1.54) is 24.3 Å². The number of fused-ring (bicyclic) bond motifs is 1. The number of rotatable bonds is 2. The minimum atomic E-state index is -5.15. The molecule has 0 atom stereocenters. The van der Waals surface area contributed by atoms with Crippen molar-refractivity contribution in [3.63, 3.8) is 0 Å². The maximum atomic E-state index is 12.3. The van der Waals surface area contributed by atoms with E-state index in [2.05, 4.69) is 0 Å². The van der Waals surface area contributed by atoms with E-state index in [4.69, 9.17) is 0 Å². The van der Waals surface area contributed by atoms with E-state index in [1.807, 2.05) is 0 Å². The molecule has 0 saturated heterocycles. The monoisotopic (exact) mass is 228 g/mol. The Morgan fingerprint density at radius 2 is 1.75 bits per heavy atom. The highest BCUT2D eigenvalue weighted by Gasteiger charge is 2.39. The quantitative estimate of drug-likeness (QED) is 0.569. The lowest BCUT2D eigenvalue weighted by Crippen LogP contribution is -2.41. The van der Waals surface area contributed by atoms with E-state index in [0.717, 1.165) is 0 Å². The number of hydrogen-bond acceptors (Lipinski definition) is 2. The van der Waals surface area contributed by atoms with Crippen molar-refractivity contribution in [1.82, 2.24) is 0 Å². The van der Waals surface area contributed by atoms with Gasteiger partial charge in [-0.1, -0.05) is 12.1 Å². The first-order chi connectivity index (χ1) is 7.40. The molecule has 1 aromatic carbocycles. The predicted molar refractivity (Wildman–Crippen MR) is 52.2 cm³/mol. The van der Waals surface area contributed by atoms with Crippen molar-refractivity contribution in [3.05, 3.63) is 29.8 Å². The second-order valence-electron chi connectivity index (χ2n) is 3.47. The van der Waals surface area contributed by atoms with Gasteiger partial charge < -0.3 is 17.8 Å². The molecule has 0 bridgehead atoms. The molecule has 0 aromatic heterocycles. The van der Waals surface area contributed by atoms with Crippen LogP contribution >= 0.6 is 0 Å². The summed E-state index contributed by atoms with van der Waals surface area (Å²) in [6, 6.07) is 5.67. The summed E-state index contributed by atoms with van der Waals surface area (Å²) < 4.78 is 36.8. The molecule has 0 fully saturated rings. The van der Waals surface area contributed by atoms with Crippen LogP contribution in [0.4, 0.5) is 18.6 Å². The van der Waals surface area contributed by atoms with Gasteiger partial charge in [0.05, 0.1) is 11.3 Å². The van der Waals surface area contributed by atoms with Crippen LogP contribution in [0.2, 0.25) is 0 Å². The van der Waals surface area contributed by atoms with E-state index < -0.39 is 25.1 Å². The highest BCUT2D eigenvalue weighted by Crippen LogP contribution is 2.30. The Morgan fingerprint density at radius 1 is 1.12 bits per heavy atom. The molecule has 1 aliphatic rings. The molecule has 2 rings (SSSR count). The van der Waals surface area contributed by atoms with Crippen molar-refractivity contribution in [2.24, 2.45) is 0 Å². The van der Waals surface area contributed by atoms with Gasteiger partial charge in [-0.25, -0.2) is 0 Å². The Morgan fingerprint density at radius 3 is 2.38 bits per heavy atom. The second-order valence-corrected chi connectivity index (χ2v) is 3.47. The summed E-state index contributed by atoms with van der Waals surface area (Å²) >= 11 is 0. The van der Waals surface area contributed by atoms with Gasteiger partial charge in [-0.15, -0.1) is 0 Å². The molecule has 1 aliphatic heterocycles. The van der Waals surface area contributed by atoms with Gasteiger partial charge in [-0.2, -0.15) is 0 Å². The Hall–Kier alpha value is -1.79. The number of Topliss-reactive ketones (excluding diaryl/α,β-unsaturated/α-hetero) is 1. The normalized spacial score (nSPS) is 15.6. The zero-order valence-electron chi connectivity index (χ0n) is 7.99. The fourth-order valence-electron chi connectivity index (χ4n) is 1.64. The summed E-state index contributed by atoms with van der Waals surface area (Å²) in [6.07, 6.45) is -1.37. The molecule has 0 N–H and O–H groups in total. The SMILES string of the molecule is O=C1C(=O)N(C[B-](F)(F)F)c2ccccc21. The smallest absolute Gasteiger partial charge is 0.448 e. The molecule has 0 aliphatic carbocycles. The molecule has 0 saturated carbocycles. The van der Waals surface area contributed by atoms with Crippen molar-refractivity contribution < 1.29 is 22.5 Å². The van der Waals surface area contributed by atoms with Gasteiger partial charge in [-0.3, -0.25) is 9.59 Å². The maximum absolute atomic E-state index is 12.3. The summed E-state index contributed by atoms with van der Waals surface area (Å²) in [6.45, 7) is -5.15. The molecular weight excluding hydrogens is 222 g/mol. The minimum Gasteiger partial charge on any atom is -0.448 e. The standard InChI is InChI=1S/C9H6BF3NO2/c11-10(12,13)5-14-7-4-2-1-3-6(7)8(15)9(14)16/h1-4H,5H2/q-1. The van der Waals surface area contributed by atoms with E-state index in [-0.39, 0.29) is 11.3 Å². The van der Waals surface area contributed by atoms with Crippen LogP contribution in [0.1, 0.15) is 10.4 Å². The molecule has 7 heteroatoms. The second kappa shape index (κ2) is 3.36. The zero-order chi connectivity index (χ0) is 11.9. The van der Waals surface area contributed by atoms with Gasteiger partial charge in [0.1, 0.15) is 0 Å². The maximum Gasteiger partial charge on any atom is 0.497 e. The first-order valence-corrected chi connectivity index (χ1v) is 4.56. The van der Waals surface area contributed by atoms with E-state index in [1.54, 1.807) is 0 Å². The molecule has 0 radical (unpaired) electrons. The van der Waals surface area contributed by atoms with Gasteiger partial charge in [0.15, 0.2) is 0 Å². The van der Waals surface area contributed by atoms with Crippen molar-refractivity contribution >= 4 is 24.4 Å². The number of hydrogen-bond donors (Lipinski definition) is 0. The third kappa shape index (κ3) is 1.68. The lowest BCUT2D eigenvalue weighted by Gasteiger charge is -2.23. The van der Waals surface area contributed by atoms with Crippen molar-refractivity contribution in [2.75, 3.05) is 11.3 Å². The van der Waals surface area contributed by atoms with Crippen LogP contribution in [-0.2, 0) is 4.79 Å². The molecule has 1 heterocycles. The zero-order valence-corrected chi connectivity index (χ0v) is 7.99. The fourth-order valence-corrected chi connectivity index (χ4v) is 1.64. The van der Waals surface area contributed by atoms with Crippen LogP contribution in [0, 0.1) is 0 Å². The summed E-state index contributed by atoms with van der Waals surface area (Å²) in [5, 5.41) is 0. The number of nitrogens with zero attached hydrogens (tertiary/aromatic N) is 1. The number of benzene rings is 1. The van der Waals surface area contributed by atoms with Crippen molar-refractivity contribution in [2.45, 2.75) is 0 Å². The van der Waals surface area contributed by atoms with Crippen LogP contribution in [0.3, 0.4) is 0 Å². The van der Waals surface area contributed by atoms with Crippen LogP contribution in [0.25, 0.3) is 0 Å². The summed E-state index contributed by atoms with van der Waals surface area (Å²) in [5.74, 6) is -1.99. The minimum absolute atomic E-state index is 0.0348. The average Bonchev–Trinajstić information content (AvgIpc) is 2.43. The largest absolute Gasteiger partial charge is 0.497 e. The molecule has 1 amide bonds. The van der Waals surface area contributed by atoms with Gasteiger partial charge >= 0.3 is 6.98 Å². The lowest BCUT2D eigenvalue weighted by atomic mass is 9.91. The highest BCUT2D eigenvalue weighted by atomic mass is 19.4. The van der Waals surface area contributed by atoms with Crippen LogP contribution in [-0.4, -0.2) is 25.1 Å². The van der Waals surface area contributed by atoms with Gasteiger partial charge in [0.2, 0.25) is 0 Å². The van der Waals surface area contributed by atoms with E-state index in [9.17, 15) is 22.5 Å². The first-order valence-electron chi connectivity index (χ1n) is 4.56. The first kappa shape index (κ1) is 10.7. The predicted octanol–water partition coefficient (Wildman–Crippen LogP) is 1.60. The molecule has 0 unspecified atom stereocenters. The van der Waals surface area contributed by atoms with Crippen molar-refractivity contribution in [1.29, 1.82) is 0 Å². The average molecular weight is 228 g/mol. The molecular formula is C9H6BF3NO2-. The third-order valence-corrected chi connectivity index (χ3v) is 2.27. The van der Waals surface area contributed by atoms with Crippen LogP contribution in [0.5, 0.6) is 0 Å². The molecule has 84 valence electrons. The number of carbonyl (C=O) groups is 2. The highest BCUT2D eigenvalue weighted by molar-refractivity contribution is 6.62. The van der Waals surface area contributed by atoms with Crippen LogP contribution < -0.4 is 4.90 Å². The fraction of sp³-hybridized carbons (Fsp3) is 0.111. The molecule has 3 nitrogen and oxygen atoms in total. The Balaban J connectivity index is 2.42. The number of para-hydroxylation sites is 1. The van der Waals surface area contributed by atoms with E-state index in [0.29, 0.717) is 4.90 Å². The van der Waals surface area contributed by atoms with Crippen LogP contribution in [0.15, 0.2) is 24.3 Å².